The van der Waals surface area contributed by atoms with Crippen LogP contribution in [0.2, 0.25) is 10.0 Å². The van der Waals surface area contributed by atoms with Crippen molar-refractivity contribution >= 4 is 52.6 Å². The fraction of sp³-hybridized carbons (Fsp3) is 0.0833. The highest BCUT2D eigenvalue weighted by molar-refractivity contribution is 6.35. The van der Waals surface area contributed by atoms with Crippen molar-refractivity contribution in [2.24, 2.45) is 0 Å². The lowest BCUT2D eigenvalue weighted by atomic mass is 10.1. The SMILES string of the molecule is Cc1c(OC(=O)C(Cl)c2ccccc2)ccc2c1O/C(=C\c1ccc(Cl)cc1Cl)C2=O. The number of alkyl halides is 1. The van der Waals surface area contributed by atoms with Crippen molar-refractivity contribution in [2.45, 2.75) is 12.3 Å². The van der Waals surface area contributed by atoms with E-state index in [1.807, 2.05) is 6.07 Å². The number of benzene rings is 3. The Balaban J connectivity index is 1.59. The summed E-state index contributed by atoms with van der Waals surface area (Å²) in [6, 6.07) is 17.0. The summed E-state index contributed by atoms with van der Waals surface area (Å²) in [5.41, 5.74) is 2.12. The zero-order valence-corrected chi connectivity index (χ0v) is 18.5. The summed E-state index contributed by atoms with van der Waals surface area (Å²) in [5, 5.41) is -0.0730. The van der Waals surface area contributed by atoms with Gasteiger partial charge in [-0.15, -0.1) is 11.6 Å². The van der Waals surface area contributed by atoms with Crippen LogP contribution in [0.5, 0.6) is 11.5 Å². The summed E-state index contributed by atoms with van der Waals surface area (Å²) in [6.07, 6.45) is 1.55. The molecular weight excluding hydrogens is 459 g/mol. The summed E-state index contributed by atoms with van der Waals surface area (Å²) in [7, 11) is 0. The van der Waals surface area contributed by atoms with Crippen molar-refractivity contribution in [1.82, 2.24) is 0 Å². The van der Waals surface area contributed by atoms with E-state index in [9.17, 15) is 9.59 Å². The Bertz CT molecular complexity index is 1220. The Morgan fingerprint density at radius 3 is 2.52 bits per heavy atom. The molecular formula is C24H15Cl3O4. The van der Waals surface area contributed by atoms with Gasteiger partial charge in [0, 0.05) is 15.6 Å². The van der Waals surface area contributed by atoms with E-state index < -0.39 is 11.3 Å². The van der Waals surface area contributed by atoms with Gasteiger partial charge in [-0.2, -0.15) is 0 Å². The minimum absolute atomic E-state index is 0.116. The van der Waals surface area contributed by atoms with Gasteiger partial charge in [0.1, 0.15) is 11.5 Å². The number of carbonyl (C=O) groups is 2. The maximum atomic E-state index is 12.8. The van der Waals surface area contributed by atoms with E-state index in [0.29, 0.717) is 38.0 Å². The van der Waals surface area contributed by atoms with Crippen molar-refractivity contribution in [1.29, 1.82) is 0 Å². The molecule has 1 aliphatic rings. The van der Waals surface area contributed by atoms with Crippen LogP contribution in [0.15, 0.2) is 66.4 Å². The average molecular weight is 474 g/mol. The maximum Gasteiger partial charge on any atom is 0.334 e. The predicted octanol–water partition coefficient (Wildman–Crippen LogP) is 6.80. The van der Waals surface area contributed by atoms with Gasteiger partial charge in [0.25, 0.3) is 0 Å². The van der Waals surface area contributed by atoms with E-state index >= 15 is 0 Å². The Morgan fingerprint density at radius 1 is 1.06 bits per heavy atom. The molecule has 0 spiro atoms. The lowest BCUT2D eigenvalue weighted by Gasteiger charge is -2.13. The van der Waals surface area contributed by atoms with Crippen molar-refractivity contribution in [2.75, 3.05) is 0 Å². The first-order valence-corrected chi connectivity index (χ1v) is 10.5. The van der Waals surface area contributed by atoms with Crippen molar-refractivity contribution < 1.29 is 19.1 Å². The van der Waals surface area contributed by atoms with Gasteiger partial charge in [-0.1, -0.05) is 59.6 Å². The van der Waals surface area contributed by atoms with Crippen LogP contribution in [0.25, 0.3) is 6.08 Å². The van der Waals surface area contributed by atoms with Crippen LogP contribution >= 0.6 is 34.8 Å². The van der Waals surface area contributed by atoms with Gasteiger partial charge in [0.2, 0.25) is 5.78 Å². The van der Waals surface area contributed by atoms with Crippen LogP contribution in [0, 0.1) is 6.92 Å². The second-order valence-corrected chi connectivity index (χ2v) is 8.15. The molecule has 0 aromatic heterocycles. The number of rotatable bonds is 4. The van der Waals surface area contributed by atoms with E-state index in [1.165, 1.54) is 0 Å². The average Bonchev–Trinajstić information content (AvgIpc) is 3.08. The fourth-order valence-electron chi connectivity index (χ4n) is 3.16. The topological polar surface area (TPSA) is 52.6 Å². The summed E-state index contributed by atoms with van der Waals surface area (Å²) < 4.78 is 11.3. The molecule has 0 saturated carbocycles. The van der Waals surface area contributed by atoms with Crippen LogP contribution < -0.4 is 9.47 Å². The lowest BCUT2D eigenvalue weighted by Crippen LogP contribution is -2.15. The number of allylic oxidation sites excluding steroid dienone is 1. The van der Waals surface area contributed by atoms with Gasteiger partial charge >= 0.3 is 5.97 Å². The summed E-state index contributed by atoms with van der Waals surface area (Å²) in [4.78, 5) is 25.3. The van der Waals surface area contributed by atoms with Crippen molar-refractivity contribution in [3.8, 4) is 11.5 Å². The van der Waals surface area contributed by atoms with Crippen LogP contribution in [0.4, 0.5) is 0 Å². The van der Waals surface area contributed by atoms with Gasteiger partial charge in [-0.3, -0.25) is 4.79 Å². The number of ether oxygens (including phenoxy) is 2. The Kier molecular flexibility index (Phi) is 6.05. The third-order valence-corrected chi connectivity index (χ3v) is 5.79. The number of hydrogen-bond acceptors (Lipinski definition) is 4. The van der Waals surface area contributed by atoms with Gasteiger partial charge in [-0.05, 0) is 48.4 Å². The van der Waals surface area contributed by atoms with E-state index in [1.54, 1.807) is 67.6 Å². The fourth-order valence-corrected chi connectivity index (χ4v) is 3.81. The normalized spacial score (nSPS) is 14.8. The zero-order valence-electron chi connectivity index (χ0n) is 16.2. The molecule has 0 aliphatic carbocycles. The van der Waals surface area contributed by atoms with Crippen LogP contribution in [-0.4, -0.2) is 11.8 Å². The summed E-state index contributed by atoms with van der Waals surface area (Å²) in [5.74, 6) is -0.197. The highest BCUT2D eigenvalue weighted by Gasteiger charge is 2.31. The Hall–Kier alpha value is -2.79. The van der Waals surface area contributed by atoms with Crippen LogP contribution in [-0.2, 0) is 4.79 Å². The predicted molar refractivity (Wildman–Crippen MR) is 121 cm³/mol. The molecule has 0 bridgehead atoms. The van der Waals surface area contributed by atoms with E-state index in [0.717, 1.165) is 0 Å². The molecule has 0 N–H and O–H groups in total. The molecule has 4 nitrogen and oxygen atoms in total. The van der Waals surface area contributed by atoms with E-state index in [4.69, 9.17) is 44.3 Å². The van der Waals surface area contributed by atoms with Gasteiger partial charge < -0.3 is 9.47 Å². The zero-order chi connectivity index (χ0) is 22.1. The number of esters is 1. The van der Waals surface area contributed by atoms with E-state index in [-0.39, 0.29) is 17.3 Å². The Labute approximate surface area is 193 Å². The van der Waals surface area contributed by atoms with Crippen molar-refractivity contribution in [3.63, 3.8) is 0 Å². The standard InChI is InChI=1S/C24H15Cl3O4/c1-13-19(31-24(29)21(27)14-5-3-2-4-6-14)10-9-17-22(28)20(30-23(13)17)11-15-7-8-16(25)12-18(15)26/h2-12,21H,1H3/b20-11-. The third-order valence-electron chi connectivity index (χ3n) is 4.80. The van der Waals surface area contributed by atoms with Gasteiger partial charge in [-0.25, -0.2) is 4.79 Å². The number of carbonyl (C=O) groups excluding carboxylic acids is 2. The van der Waals surface area contributed by atoms with Crippen LogP contribution in [0.3, 0.4) is 0 Å². The lowest BCUT2D eigenvalue weighted by molar-refractivity contribution is -0.134. The minimum atomic E-state index is -0.959. The molecule has 4 rings (SSSR count). The third kappa shape index (κ3) is 4.33. The molecule has 3 aromatic rings. The molecule has 1 atom stereocenters. The van der Waals surface area contributed by atoms with Crippen molar-refractivity contribution in [3.05, 3.63) is 98.7 Å². The first-order chi connectivity index (χ1) is 14.8. The molecule has 0 radical (unpaired) electrons. The molecule has 1 heterocycles. The second kappa shape index (κ2) is 8.75. The molecule has 156 valence electrons. The number of hydrogen-bond donors (Lipinski definition) is 0. The molecule has 0 amide bonds. The number of ketones is 1. The minimum Gasteiger partial charge on any atom is -0.452 e. The maximum absolute atomic E-state index is 12.8. The molecule has 0 fully saturated rings. The number of fused-ring (bicyclic) bond motifs is 1. The molecule has 7 heteroatoms. The molecule has 1 aliphatic heterocycles. The highest BCUT2D eigenvalue weighted by Crippen LogP contribution is 2.40. The molecule has 31 heavy (non-hydrogen) atoms. The molecule has 3 aromatic carbocycles. The van der Waals surface area contributed by atoms with Crippen LogP contribution in [0.1, 0.15) is 32.4 Å². The Morgan fingerprint density at radius 2 is 1.81 bits per heavy atom. The quantitative estimate of drug-likeness (QED) is 0.181. The monoisotopic (exact) mass is 472 g/mol. The second-order valence-electron chi connectivity index (χ2n) is 6.87. The summed E-state index contributed by atoms with van der Waals surface area (Å²) >= 11 is 18.4. The highest BCUT2D eigenvalue weighted by atomic mass is 35.5. The molecule has 0 saturated heterocycles. The number of halogens is 3. The first kappa shape index (κ1) is 21.4. The molecule has 1 unspecified atom stereocenters. The first-order valence-electron chi connectivity index (χ1n) is 9.29. The van der Waals surface area contributed by atoms with Gasteiger partial charge in [0.15, 0.2) is 11.1 Å². The number of Topliss-reactive ketones (excluding diaryl/α,β-unsaturated/α-hetero) is 1. The smallest absolute Gasteiger partial charge is 0.334 e. The van der Waals surface area contributed by atoms with Gasteiger partial charge in [0.05, 0.1) is 5.56 Å². The largest absolute Gasteiger partial charge is 0.452 e. The van der Waals surface area contributed by atoms with E-state index in [2.05, 4.69) is 0 Å². The summed E-state index contributed by atoms with van der Waals surface area (Å²) in [6.45, 7) is 1.71.